The van der Waals surface area contributed by atoms with Crippen molar-refractivity contribution >= 4 is 17.3 Å². The summed E-state index contributed by atoms with van der Waals surface area (Å²) in [4.78, 5) is 16.5. The van der Waals surface area contributed by atoms with Gasteiger partial charge >= 0.3 is 5.97 Å². The zero-order valence-electron chi connectivity index (χ0n) is 9.10. The first kappa shape index (κ1) is 10.9. The van der Waals surface area contributed by atoms with Crippen molar-refractivity contribution in [2.24, 2.45) is 7.05 Å². The van der Waals surface area contributed by atoms with Crippen molar-refractivity contribution in [2.45, 2.75) is 13.3 Å². The van der Waals surface area contributed by atoms with Gasteiger partial charge in [-0.25, -0.2) is 9.78 Å². The summed E-state index contributed by atoms with van der Waals surface area (Å²) in [7, 11) is 1.93. The third-order valence-electron chi connectivity index (χ3n) is 2.47. The zero-order chi connectivity index (χ0) is 11.7. The number of hydrogen-bond donors (Lipinski definition) is 1. The number of carboxylic acids is 1. The van der Waals surface area contributed by atoms with E-state index in [0.29, 0.717) is 11.3 Å². The molecule has 16 heavy (non-hydrogen) atoms. The predicted octanol–water partition coefficient (Wildman–Crippen LogP) is 2.08. The van der Waals surface area contributed by atoms with Gasteiger partial charge in [0, 0.05) is 30.7 Å². The molecule has 2 aromatic rings. The van der Waals surface area contributed by atoms with E-state index < -0.39 is 5.97 Å². The number of aryl methyl sites for hydroxylation is 2. The number of imidazole rings is 1. The first-order valence-corrected chi connectivity index (χ1v) is 5.68. The number of nitrogens with zero attached hydrogens (tertiary/aromatic N) is 2. The molecule has 0 saturated heterocycles. The van der Waals surface area contributed by atoms with Crippen LogP contribution in [-0.2, 0) is 13.5 Å². The molecule has 0 atom stereocenters. The van der Waals surface area contributed by atoms with Crippen LogP contribution in [0, 0.1) is 6.92 Å². The highest BCUT2D eigenvalue weighted by Crippen LogP contribution is 2.24. The second-order valence-corrected chi connectivity index (χ2v) is 4.79. The van der Waals surface area contributed by atoms with E-state index >= 15 is 0 Å². The molecular weight excluding hydrogens is 224 g/mol. The number of aromatic nitrogens is 2. The Morgan fingerprint density at radius 2 is 2.38 bits per heavy atom. The molecule has 0 bridgehead atoms. The summed E-state index contributed by atoms with van der Waals surface area (Å²) in [5, 5.41) is 8.89. The van der Waals surface area contributed by atoms with Crippen molar-refractivity contribution in [3.63, 3.8) is 0 Å². The minimum atomic E-state index is -0.862. The maximum atomic E-state index is 10.8. The minimum absolute atomic E-state index is 0.390. The van der Waals surface area contributed by atoms with Gasteiger partial charge in [-0.05, 0) is 18.6 Å². The van der Waals surface area contributed by atoms with Gasteiger partial charge in [-0.2, -0.15) is 0 Å². The summed E-state index contributed by atoms with van der Waals surface area (Å²) < 4.78 is 1.94. The summed E-state index contributed by atoms with van der Waals surface area (Å²) in [5.74, 6) is 0.0843. The molecule has 2 aromatic heterocycles. The molecule has 0 aliphatic rings. The molecule has 0 aliphatic carbocycles. The first-order chi connectivity index (χ1) is 7.58. The standard InChI is InChI=1S/C11H12N2O2S/c1-7-5-9(11(14)15)16-8(7)6-10-12-3-4-13(10)2/h3-5H,6H2,1-2H3,(H,14,15). The van der Waals surface area contributed by atoms with Crippen molar-refractivity contribution < 1.29 is 9.90 Å². The van der Waals surface area contributed by atoms with Crippen molar-refractivity contribution in [3.8, 4) is 0 Å². The van der Waals surface area contributed by atoms with Crippen LogP contribution in [0.15, 0.2) is 18.5 Å². The second kappa shape index (κ2) is 4.09. The molecule has 4 nitrogen and oxygen atoms in total. The lowest BCUT2D eigenvalue weighted by atomic mass is 10.2. The lowest BCUT2D eigenvalue weighted by Gasteiger charge is -2.00. The Hall–Kier alpha value is -1.62. The van der Waals surface area contributed by atoms with Crippen molar-refractivity contribution in [1.82, 2.24) is 9.55 Å². The molecule has 5 heteroatoms. The van der Waals surface area contributed by atoms with Crippen LogP contribution in [0.4, 0.5) is 0 Å². The van der Waals surface area contributed by atoms with Gasteiger partial charge in [0.2, 0.25) is 0 Å². The van der Waals surface area contributed by atoms with Gasteiger partial charge in [0.1, 0.15) is 10.7 Å². The van der Waals surface area contributed by atoms with Crippen LogP contribution in [0.25, 0.3) is 0 Å². The average molecular weight is 236 g/mol. The normalized spacial score (nSPS) is 10.6. The smallest absolute Gasteiger partial charge is 0.345 e. The largest absolute Gasteiger partial charge is 0.477 e. The van der Waals surface area contributed by atoms with Gasteiger partial charge < -0.3 is 9.67 Å². The van der Waals surface area contributed by atoms with Gasteiger partial charge in [0.15, 0.2) is 0 Å². The van der Waals surface area contributed by atoms with Crippen LogP contribution < -0.4 is 0 Å². The summed E-state index contributed by atoms with van der Waals surface area (Å²) in [5.41, 5.74) is 1.02. The van der Waals surface area contributed by atoms with Crippen LogP contribution >= 0.6 is 11.3 Å². The van der Waals surface area contributed by atoms with Crippen LogP contribution in [-0.4, -0.2) is 20.6 Å². The Kier molecular flexibility index (Phi) is 2.78. The lowest BCUT2D eigenvalue weighted by Crippen LogP contribution is -1.97. The Morgan fingerprint density at radius 3 is 2.88 bits per heavy atom. The molecule has 0 spiro atoms. The molecule has 2 heterocycles. The molecule has 0 aromatic carbocycles. The third kappa shape index (κ3) is 1.99. The highest BCUT2D eigenvalue weighted by molar-refractivity contribution is 7.14. The fourth-order valence-corrected chi connectivity index (χ4v) is 2.52. The van der Waals surface area contributed by atoms with E-state index in [2.05, 4.69) is 4.98 Å². The number of rotatable bonds is 3. The monoisotopic (exact) mass is 236 g/mol. The minimum Gasteiger partial charge on any atom is -0.477 e. The van der Waals surface area contributed by atoms with Crippen LogP contribution in [0.3, 0.4) is 0 Å². The summed E-state index contributed by atoms with van der Waals surface area (Å²) in [6.45, 7) is 1.93. The quantitative estimate of drug-likeness (QED) is 0.887. The van der Waals surface area contributed by atoms with Gasteiger partial charge in [-0.3, -0.25) is 0 Å². The van der Waals surface area contributed by atoms with Crippen molar-refractivity contribution in [1.29, 1.82) is 0 Å². The van der Waals surface area contributed by atoms with E-state index in [1.807, 2.05) is 24.7 Å². The maximum Gasteiger partial charge on any atom is 0.345 e. The molecule has 84 valence electrons. The Morgan fingerprint density at radius 1 is 1.62 bits per heavy atom. The number of hydrogen-bond acceptors (Lipinski definition) is 3. The fraction of sp³-hybridized carbons (Fsp3) is 0.273. The number of thiophene rings is 1. The molecule has 0 fully saturated rings. The predicted molar refractivity (Wildman–Crippen MR) is 62.0 cm³/mol. The van der Waals surface area contributed by atoms with Crippen LogP contribution in [0.1, 0.15) is 25.9 Å². The van der Waals surface area contributed by atoms with Crippen molar-refractivity contribution in [3.05, 3.63) is 39.6 Å². The van der Waals surface area contributed by atoms with E-state index in [0.717, 1.165) is 16.3 Å². The SMILES string of the molecule is Cc1cc(C(=O)O)sc1Cc1nccn1C. The number of aromatic carboxylic acids is 1. The Bertz CT molecular complexity index is 528. The van der Waals surface area contributed by atoms with E-state index in [1.54, 1.807) is 12.3 Å². The molecule has 0 saturated carbocycles. The summed E-state index contributed by atoms with van der Waals surface area (Å²) in [6, 6.07) is 1.71. The fourth-order valence-electron chi connectivity index (χ4n) is 1.51. The molecule has 0 amide bonds. The van der Waals surface area contributed by atoms with Crippen molar-refractivity contribution in [2.75, 3.05) is 0 Å². The Balaban J connectivity index is 2.28. The van der Waals surface area contributed by atoms with E-state index in [4.69, 9.17) is 5.11 Å². The molecule has 2 rings (SSSR count). The summed E-state index contributed by atoms with van der Waals surface area (Å²) >= 11 is 1.32. The second-order valence-electron chi connectivity index (χ2n) is 3.65. The Labute approximate surface area is 97.2 Å². The van der Waals surface area contributed by atoms with E-state index in [9.17, 15) is 4.79 Å². The van der Waals surface area contributed by atoms with Gasteiger partial charge in [0.05, 0.1) is 0 Å². The van der Waals surface area contributed by atoms with E-state index in [-0.39, 0.29) is 0 Å². The first-order valence-electron chi connectivity index (χ1n) is 4.86. The molecular formula is C11H12N2O2S. The average Bonchev–Trinajstić information content (AvgIpc) is 2.76. The van der Waals surface area contributed by atoms with E-state index in [1.165, 1.54) is 11.3 Å². The van der Waals surface area contributed by atoms with Crippen LogP contribution in [0.2, 0.25) is 0 Å². The molecule has 0 unspecified atom stereocenters. The maximum absolute atomic E-state index is 10.8. The molecule has 1 N–H and O–H groups in total. The lowest BCUT2D eigenvalue weighted by molar-refractivity contribution is 0.0702. The van der Waals surface area contributed by atoms with Gasteiger partial charge in [0.25, 0.3) is 0 Å². The van der Waals surface area contributed by atoms with Crippen LogP contribution in [0.5, 0.6) is 0 Å². The molecule has 0 aliphatic heterocycles. The van der Waals surface area contributed by atoms with Gasteiger partial charge in [-0.15, -0.1) is 11.3 Å². The topological polar surface area (TPSA) is 55.1 Å². The third-order valence-corrected chi connectivity index (χ3v) is 3.70. The highest BCUT2D eigenvalue weighted by atomic mass is 32.1. The summed E-state index contributed by atoms with van der Waals surface area (Å²) in [6.07, 6.45) is 4.32. The zero-order valence-corrected chi connectivity index (χ0v) is 9.91. The molecule has 0 radical (unpaired) electrons. The highest BCUT2D eigenvalue weighted by Gasteiger charge is 2.12. The number of carbonyl (C=O) groups is 1. The number of carboxylic acid groups (broad SMARTS) is 1. The van der Waals surface area contributed by atoms with Gasteiger partial charge in [-0.1, -0.05) is 0 Å².